The zero-order valence-electron chi connectivity index (χ0n) is 14.2. The number of nitrogens with zero attached hydrogens (tertiary/aromatic N) is 3. The summed E-state index contributed by atoms with van der Waals surface area (Å²) in [5.41, 5.74) is 2.60. The molecule has 0 fully saturated rings. The molecular weight excluding hydrogens is 326 g/mol. The number of amides is 1. The summed E-state index contributed by atoms with van der Waals surface area (Å²) in [5.74, 6) is 1.47. The molecule has 3 heterocycles. The summed E-state index contributed by atoms with van der Waals surface area (Å²) in [4.78, 5) is 20.1. The van der Waals surface area contributed by atoms with E-state index in [1.54, 1.807) is 6.20 Å². The number of carbonyl (C=O) groups is 1. The van der Waals surface area contributed by atoms with E-state index in [1.165, 1.54) is 6.92 Å². The highest BCUT2D eigenvalue weighted by molar-refractivity contribution is 5.89. The molecule has 0 radical (unpaired) electrons. The molecule has 0 saturated carbocycles. The van der Waals surface area contributed by atoms with E-state index in [4.69, 9.17) is 0 Å². The number of hydrogen-bond acceptors (Lipinski definition) is 4. The van der Waals surface area contributed by atoms with Crippen LogP contribution in [0.2, 0.25) is 0 Å². The maximum atomic E-state index is 11.2. The van der Waals surface area contributed by atoms with Gasteiger partial charge in [-0.1, -0.05) is 12.1 Å². The minimum atomic E-state index is -0.102. The second-order valence-corrected chi connectivity index (χ2v) is 5.89. The lowest BCUT2D eigenvalue weighted by atomic mass is 10.2. The van der Waals surface area contributed by atoms with Crippen LogP contribution >= 0.6 is 0 Å². The van der Waals surface area contributed by atoms with Crippen molar-refractivity contribution in [3.63, 3.8) is 0 Å². The standard InChI is InChI=1S/C20H17N5O/c1-14(26)23-16-5-4-6-17(11-16)24-19-12-18-15(13-22-19)8-10-25(18)20-7-2-3-9-21-20/h2-13H,1H3,(H,22,24)(H,23,26). The maximum Gasteiger partial charge on any atom is 0.221 e. The second-order valence-electron chi connectivity index (χ2n) is 5.89. The lowest BCUT2D eigenvalue weighted by Gasteiger charge is -2.09. The lowest BCUT2D eigenvalue weighted by Crippen LogP contribution is -2.05. The maximum absolute atomic E-state index is 11.2. The molecule has 1 aromatic carbocycles. The van der Waals surface area contributed by atoms with Crippen LogP contribution in [0.25, 0.3) is 16.7 Å². The van der Waals surface area contributed by atoms with E-state index >= 15 is 0 Å². The molecule has 0 aliphatic carbocycles. The van der Waals surface area contributed by atoms with Crippen molar-refractivity contribution in [1.82, 2.24) is 14.5 Å². The Bertz CT molecular complexity index is 1070. The fourth-order valence-corrected chi connectivity index (χ4v) is 2.82. The smallest absolute Gasteiger partial charge is 0.221 e. The fourth-order valence-electron chi connectivity index (χ4n) is 2.82. The number of aromatic nitrogens is 3. The molecule has 0 spiro atoms. The monoisotopic (exact) mass is 343 g/mol. The number of benzene rings is 1. The molecule has 0 saturated heterocycles. The first-order chi connectivity index (χ1) is 12.7. The molecule has 4 rings (SSSR count). The van der Waals surface area contributed by atoms with Crippen LogP contribution in [0.1, 0.15) is 6.92 Å². The molecule has 0 atom stereocenters. The average Bonchev–Trinajstić information content (AvgIpc) is 3.05. The number of rotatable bonds is 4. The summed E-state index contributed by atoms with van der Waals surface area (Å²) in [6.07, 6.45) is 5.58. The molecular formula is C20H17N5O. The summed E-state index contributed by atoms with van der Waals surface area (Å²) in [6, 6.07) is 17.3. The van der Waals surface area contributed by atoms with Crippen LogP contribution in [-0.2, 0) is 4.79 Å². The van der Waals surface area contributed by atoms with Gasteiger partial charge in [0, 0.05) is 48.3 Å². The van der Waals surface area contributed by atoms with Crippen molar-refractivity contribution >= 4 is 34.0 Å². The number of fused-ring (bicyclic) bond motifs is 1. The zero-order chi connectivity index (χ0) is 17.9. The van der Waals surface area contributed by atoms with Gasteiger partial charge in [-0.25, -0.2) is 9.97 Å². The van der Waals surface area contributed by atoms with Gasteiger partial charge in [0.05, 0.1) is 5.52 Å². The molecule has 3 aromatic heterocycles. The normalized spacial score (nSPS) is 10.7. The van der Waals surface area contributed by atoms with E-state index in [9.17, 15) is 4.79 Å². The summed E-state index contributed by atoms with van der Waals surface area (Å²) < 4.78 is 2.02. The summed E-state index contributed by atoms with van der Waals surface area (Å²) in [5, 5.41) is 7.09. The average molecular weight is 343 g/mol. The van der Waals surface area contributed by atoms with Crippen LogP contribution in [0.5, 0.6) is 0 Å². The fraction of sp³-hybridized carbons (Fsp3) is 0.0500. The first-order valence-electron chi connectivity index (χ1n) is 8.22. The molecule has 0 aliphatic heterocycles. The summed E-state index contributed by atoms with van der Waals surface area (Å²) >= 11 is 0. The quantitative estimate of drug-likeness (QED) is 0.585. The van der Waals surface area contributed by atoms with Crippen LogP contribution in [0, 0.1) is 0 Å². The number of pyridine rings is 2. The van der Waals surface area contributed by atoms with E-state index in [2.05, 4.69) is 20.6 Å². The Kier molecular flexibility index (Phi) is 4.07. The van der Waals surface area contributed by atoms with Crippen LogP contribution in [0.15, 0.2) is 73.2 Å². The Morgan fingerprint density at radius 2 is 1.88 bits per heavy atom. The topological polar surface area (TPSA) is 71.8 Å². The minimum absolute atomic E-state index is 0.102. The van der Waals surface area contributed by atoms with Gasteiger partial charge in [-0.05, 0) is 36.4 Å². The Labute approximate surface area is 150 Å². The van der Waals surface area contributed by atoms with Crippen molar-refractivity contribution in [3.05, 3.63) is 73.2 Å². The van der Waals surface area contributed by atoms with Gasteiger partial charge in [0.25, 0.3) is 0 Å². The zero-order valence-corrected chi connectivity index (χ0v) is 14.2. The molecule has 1 amide bonds. The van der Waals surface area contributed by atoms with E-state index in [-0.39, 0.29) is 5.91 Å². The summed E-state index contributed by atoms with van der Waals surface area (Å²) in [7, 11) is 0. The largest absolute Gasteiger partial charge is 0.340 e. The Morgan fingerprint density at radius 3 is 2.69 bits per heavy atom. The number of anilines is 3. The van der Waals surface area contributed by atoms with Crippen molar-refractivity contribution in [1.29, 1.82) is 0 Å². The molecule has 4 aromatic rings. The van der Waals surface area contributed by atoms with E-state index in [0.717, 1.165) is 28.1 Å². The first kappa shape index (κ1) is 15.8. The van der Waals surface area contributed by atoms with Crippen LogP contribution in [0.4, 0.5) is 17.2 Å². The lowest BCUT2D eigenvalue weighted by molar-refractivity contribution is -0.114. The second kappa shape index (κ2) is 6.68. The van der Waals surface area contributed by atoms with E-state index < -0.39 is 0 Å². The highest BCUT2D eigenvalue weighted by Gasteiger charge is 2.07. The number of hydrogen-bond donors (Lipinski definition) is 2. The van der Waals surface area contributed by atoms with Crippen LogP contribution < -0.4 is 10.6 Å². The third kappa shape index (κ3) is 3.25. The summed E-state index contributed by atoms with van der Waals surface area (Å²) in [6.45, 7) is 1.49. The van der Waals surface area contributed by atoms with Crippen molar-refractivity contribution in [3.8, 4) is 5.82 Å². The SMILES string of the molecule is CC(=O)Nc1cccc(Nc2cc3c(ccn3-c3ccccn3)cn2)c1. The molecule has 6 heteroatoms. The predicted octanol–water partition coefficient (Wildman–Crippen LogP) is 4.12. The molecule has 26 heavy (non-hydrogen) atoms. The predicted molar refractivity (Wildman–Crippen MR) is 103 cm³/mol. The van der Waals surface area contributed by atoms with Gasteiger partial charge in [-0.15, -0.1) is 0 Å². The highest BCUT2D eigenvalue weighted by atomic mass is 16.1. The molecule has 128 valence electrons. The van der Waals surface area contributed by atoms with Crippen molar-refractivity contribution in [2.24, 2.45) is 0 Å². The van der Waals surface area contributed by atoms with Gasteiger partial charge < -0.3 is 15.2 Å². The number of carbonyl (C=O) groups excluding carboxylic acids is 1. The molecule has 6 nitrogen and oxygen atoms in total. The Morgan fingerprint density at radius 1 is 1.00 bits per heavy atom. The van der Waals surface area contributed by atoms with Crippen molar-refractivity contribution < 1.29 is 4.79 Å². The Balaban J connectivity index is 1.67. The van der Waals surface area contributed by atoms with E-state index in [1.807, 2.05) is 71.6 Å². The van der Waals surface area contributed by atoms with Crippen LogP contribution in [-0.4, -0.2) is 20.4 Å². The van der Waals surface area contributed by atoms with E-state index in [0.29, 0.717) is 5.82 Å². The third-order valence-corrected chi connectivity index (χ3v) is 3.93. The van der Waals surface area contributed by atoms with Crippen molar-refractivity contribution in [2.45, 2.75) is 6.92 Å². The van der Waals surface area contributed by atoms with Gasteiger partial charge >= 0.3 is 0 Å². The Hall–Kier alpha value is -3.67. The number of nitrogens with one attached hydrogen (secondary N) is 2. The van der Waals surface area contributed by atoms with Gasteiger partial charge in [0.1, 0.15) is 11.6 Å². The third-order valence-electron chi connectivity index (χ3n) is 3.93. The van der Waals surface area contributed by atoms with Gasteiger partial charge in [-0.2, -0.15) is 0 Å². The highest BCUT2D eigenvalue weighted by Crippen LogP contribution is 2.24. The molecule has 0 unspecified atom stereocenters. The minimum Gasteiger partial charge on any atom is -0.340 e. The van der Waals surface area contributed by atoms with Crippen LogP contribution in [0.3, 0.4) is 0 Å². The van der Waals surface area contributed by atoms with Gasteiger partial charge in [0.15, 0.2) is 0 Å². The molecule has 0 bridgehead atoms. The first-order valence-corrected chi connectivity index (χ1v) is 8.22. The molecule has 2 N–H and O–H groups in total. The van der Waals surface area contributed by atoms with Gasteiger partial charge in [-0.3, -0.25) is 4.79 Å². The van der Waals surface area contributed by atoms with Crippen molar-refractivity contribution in [2.75, 3.05) is 10.6 Å². The molecule has 0 aliphatic rings. The van der Waals surface area contributed by atoms with Gasteiger partial charge in [0.2, 0.25) is 5.91 Å².